The van der Waals surface area contributed by atoms with Gasteiger partial charge in [-0.1, -0.05) is 19.8 Å². The van der Waals surface area contributed by atoms with E-state index in [2.05, 4.69) is 17.3 Å². The van der Waals surface area contributed by atoms with Gasteiger partial charge in [-0.2, -0.15) is 5.10 Å². The minimum Gasteiger partial charge on any atom is -0.389 e. The summed E-state index contributed by atoms with van der Waals surface area (Å²) >= 11 is 0. The zero-order valence-corrected chi connectivity index (χ0v) is 11.5. The summed E-state index contributed by atoms with van der Waals surface area (Å²) in [5.41, 5.74) is 0.746. The van der Waals surface area contributed by atoms with Crippen LogP contribution in [0.25, 0.3) is 0 Å². The molecule has 1 aromatic heterocycles. The van der Waals surface area contributed by atoms with Gasteiger partial charge in [-0.3, -0.25) is 4.68 Å². The van der Waals surface area contributed by atoms with Crippen LogP contribution in [0.2, 0.25) is 0 Å². The Labute approximate surface area is 109 Å². The summed E-state index contributed by atoms with van der Waals surface area (Å²) in [6.45, 7) is 3.85. The molecule has 0 aliphatic heterocycles. The Bertz CT molecular complexity index is 377. The number of aromatic nitrogens is 2. The molecule has 1 aromatic rings. The monoisotopic (exact) mass is 251 g/mol. The molecule has 0 aromatic carbocycles. The van der Waals surface area contributed by atoms with E-state index >= 15 is 0 Å². The van der Waals surface area contributed by atoms with Crippen LogP contribution in [0.5, 0.6) is 0 Å². The highest BCUT2D eigenvalue weighted by atomic mass is 16.3. The van der Waals surface area contributed by atoms with Crippen molar-refractivity contribution >= 4 is 0 Å². The summed E-state index contributed by atoms with van der Waals surface area (Å²) in [7, 11) is 1.96. The molecule has 2 unspecified atom stereocenters. The van der Waals surface area contributed by atoms with Crippen LogP contribution < -0.4 is 5.32 Å². The zero-order chi connectivity index (χ0) is 13.0. The summed E-state index contributed by atoms with van der Waals surface area (Å²) < 4.78 is 1.90. The molecule has 1 aliphatic rings. The Hall–Kier alpha value is -0.870. The standard InChI is InChI=1S/C14H25N3O/c1-12-4-3-7-14(18,10-12)11-15-8-5-13-6-9-16-17(13)2/h6,9,12,15,18H,3-5,7-8,10-11H2,1-2H3. The first-order chi connectivity index (χ1) is 8.59. The second-order valence-electron chi connectivity index (χ2n) is 5.80. The minimum absolute atomic E-state index is 0.482. The summed E-state index contributed by atoms with van der Waals surface area (Å²) in [4.78, 5) is 0. The van der Waals surface area contributed by atoms with E-state index in [0.717, 1.165) is 38.8 Å². The molecular formula is C14H25N3O. The molecule has 2 rings (SSSR count). The molecule has 1 aliphatic carbocycles. The average molecular weight is 251 g/mol. The van der Waals surface area contributed by atoms with E-state index in [-0.39, 0.29) is 0 Å². The molecule has 0 saturated heterocycles. The quantitative estimate of drug-likeness (QED) is 0.780. The van der Waals surface area contributed by atoms with Crippen LogP contribution in [0, 0.1) is 5.92 Å². The number of nitrogens with zero attached hydrogens (tertiary/aromatic N) is 2. The fourth-order valence-electron chi connectivity index (χ4n) is 2.98. The zero-order valence-electron chi connectivity index (χ0n) is 11.5. The molecule has 0 spiro atoms. The first-order valence-electron chi connectivity index (χ1n) is 6.99. The third kappa shape index (κ3) is 3.56. The van der Waals surface area contributed by atoms with Gasteiger partial charge in [-0.05, 0) is 24.8 Å². The summed E-state index contributed by atoms with van der Waals surface area (Å²) in [6, 6.07) is 2.04. The van der Waals surface area contributed by atoms with Gasteiger partial charge in [-0.25, -0.2) is 0 Å². The minimum atomic E-state index is -0.482. The van der Waals surface area contributed by atoms with Crippen LogP contribution in [-0.4, -0.2) is 33.6 Å². The lowest BCUT2D eigenvalue weighted by Gasteiger charge is -2.35. The number of hydrogen-bond donors (Lipinski definition) is 2. The number of hydrogen-bond acceptors (Lipinski definition) is 3. The van der Waals surface area contributed by atoms with Gasteiger partial charge in [0.2, 0.25) is 0 Å². The van der Waals surface area contributed by atoms with Gasteiger partial charge in [-0.15, -0.1) is 0 Å². The van der Waals surface area contributed by atoms with Crippen LogP contribution in [0.1, 0.15) is 38.3 Å². The molecule has 102 valence electrons. The lowest BCUT2D eigenvalue weighted by molar-refractivity contribution is -0.0114. The van der Waals surface area contributed by atoms with E-state index in [0.29, 0.717) is 5.92 Å². The predicted molar refractivity (Wildman–Crippen MR) is 72.4 cm³/mol. The van der Waals surface area contributed by atoms with E-state index in [1.54, 1.807) is 0 Å². The van der Waals surface area contributed by atoms with Crippen LogP contribution in [0.15, 0.2) is 12.3 Å². The van der Waals surface area contributed by atoms with E-state index < -0.39 is 5.60 Å². The van der Waals surface area contributed by atoms with Gasteiger partial charge in [0, 0.05) is 38.4 Å². The maximum Gasteiger partial charge on any atom is 0.0774 e. The molecule has 1 heterocycles. The second-order valence-corrected chi connectivity index (χ2v) is 5.80. The second kappa shape index (κ2) is 5.85. The van der Waals surface area contributed by atoms with Crippen LogP contribution >= 0.6 is 0 Å². The normalized spacial score (nSPS) is 28.5. The van der Waals surface area contributed by atoms with E-state index in [9.17, 15) is 5.11 Å². The Balaban J connectivity index is 1.70. The van der Waals surface area contributed by atoms with Crippen molar-refractivity contribution in [1.82, 2.24) is 15.1 Å². The van der Waals surface area contributed by atoms with Crippen LogP contribution in [0.4, 0.5) is 0 Å². The summed E-state index contributed by atoms with van der Waals surface area (Å²) in [5.74, 6) is 0.655. The topological polar surface area (TPSA) is 50.1 Å². The highest BCUT2D eigenvalue weighted by molar-refractivity contribution is 5.00. The van der Waals surface area contributed by atoms with Gasteiger partial charge >= 0.3 is 0 Å². The number of aliphatic hydroxyl groups is 1. The Morgan fingerprint density at radius 2 is 2.44 bits per heavy atom. The molecule has 2 N–H and O–H groups in total. The summed E-state index contributed by atoms with van der Waals surface area (Å²) in [5, 5.41) is 18.0. The highest BCUT2D eigenvalue weighted by Gasteiger charge is 2.31. The number of aryl methyl sites for hydroxylation is 1. The molecule has 0 bridgehead atoms. The largest absolute Gasteiger partial charge is 0.389 e. The smallest absolute Gasteiger partial charge is 0.0774 e. The number of nitrogens with one attached hydrogen (secondary N) is 1. The third-order valence-electron chi connectivity index (χ3n) is 4.00. The Morgan fingerprint density at radius 1 is 1.61 bits per heavy atom. The SMILES string of the molecule is CC1CCCC(O)(CNCCc2ccnn2C)C1. The predicted octanol–water partition coefficient (Wildman–Crippen LogP) is 1.49. The molecule has 18 heavy (non-hydrogen) atoms. The van der Waals surface area contributed by atoms with Crippen molar-refractivity contribution in [3.63, 3.8) is 0 Å². The Kier molecular flexibility index (Phi) is 4.40. The molecule has 4 heteroatoms. The lowest BCUT2D eigenvalue weighted by atomic mass is 9.79. The van der Waals surface area contributed by atoms with Crippen molar-refractivity contribution in [3.05, 3.63) is 18.0 Å². The molecular weight excluding hydrogens is 226 g/mol. The van der Waals surface area contributed by atoms with E-state index in [4.69, 9.17) is 0 Å². The Morgan fingerprint density at radius 3 is 3.11 bits per heavy atom. The fraction of sp³-hybridized carbons (Fsp3) is 0.786. The molecule has 0 radical (unpaired) electrons. The first kappa shape index (κ1) is 13.6. The van der Waals surface area contributed by atoms with E-state index in [1.807, 2.05) is 24.0 Å². The van der Waals surface area contributed by atoms with Crippen LogP contribution in [-0.2, 0) is 13.5 Å². The van der Waals surface area contributed by atoms with Gasteiger partial charge in [0.25, 0.3) is 0 Å². The fourth-order valence-corrected chi connectivity index (χ4v) is 2.98. The van der Waals surface area contributed by atoms with Crippen molar-refractivity contribution in [3.8, 4) is 0 Å². The van der Waals surface area contributed by atoms with Crippen molar-refractivity contribution in [2.45, 2.75) is 44.6 Å². The van der Waals surface area contributed by atoms with Crippen molar-refractivity contribution in [2.75, 3.05) is 13.1 Å². The highest BCUT2D eigenvalue weighted by Crippen LogP contribution is 2.31. The molecule has 1 fully saturated rings. The van der Waals surface area contributed by atoms with Gasteiger partial charge in [0.15, 0.2) is 0 Å². The van der Waals surface area contributed by atoms with Crippen molar-refractivity contribution in [1.29, 1.82) is 0 Å². The van der Waals surface area contributed by atoms with Gasteiger partial charge in [0.1, 0.15) is 0 Å². The summed E-state index contributed by atoms with van der Waals surface area (Å²) in [6.07, 6.45) is 7.08. The average Bonchev–Trinajstić information content (AvgIpc) is 2.70. The molecule has 2 atom stereocenters. The first-order valence-corrected chi connectivity index (χ1v) is 6.99. The van der Waals surface area contributed by atoms with Gasteiger partial charge in [0.05, 0.1) is 5.60 Å². The van der Waals surface area contributed by atoms with Crippen molar-refractivity contribution in [2.24, 2.45) is 13.0 Å². The van der Waals surface area contributed by atoms with Crippen LogP contribution in [0.3, 0.4) is 0 Å². The molecule has 0 amide bonds. The number of rotatable bonds is 5. The maximum atomic E-state index is 10.5. The van der Waals surface area contributed by atoms with Crippen molar-refractivity contribution < 1.29 is 5.11 Å². The van der Waals surface area contributed by atoms with Gasteiger partial charge < -0.3 is 10.4 Å². The molecule has 4 nitrogen and oxygen atoms in total. The third-order valence-corrected chi connectivity index (χ3v) is 4.00. The maximum absolute atomic E-state index is 10.5. The molecule has 1 saturated carbocycles. The lowest BCUT2D eigenvalue weighted by Crippen LogP contribution is -2.44. The van der Waals surface area contributed by atoms with E-state index in [1.165, 1.54) is 12.1 Å².